The summed E-state index contributed by atoms with van der Waals surface area (Å²) in [4.78, 5) is 0. The maximum Gasteiger partial charge on any atom is 0.253 e. The third kappa shape index (κ3) is 3.32. The van der Waals surface area contributed by atoms with Crippen molar-refractivity contribution < 1.29 is 9.15 Å². The molecule has 2 aromatic rings. The molecular formula is C14H17N3O2. The summed E-state index contributed by atoms with van der Waals surface area (Å²) < 4.78 is 11.0. The summed E-state index contributed by atoms with van der Waals surface area (Å²) in [6.07, 6.45) is 2.56. The zero-order valence-electron chi connectivity index (χ0n) is 10.9. The number of aromatic nitrogens is 2. The molecule has 3 rings (SSSR count). The molecule has 1 fully saturated rings. The molecule has 19 heavy (non-hydrogen) atoms. The number of hydrogen-bond donors (Lipinski definition) is 1. The van der Waals surface area contributed by atoms with E-state index in [9.17, 15) is 0 Å². The average Bonchev–Trinajstić information content (AvgIpc) is 3.17. The van der Waals surface area contributed by atoms with Crippen molar-refractivity contribution in [3.63, 3.8) is 0 Å². The quantitative estimate of drug-likeness (QED) is 0.861. The van der Waals surface area contributed by atoms with Crippen LogP contribution in [0.4, 0.5) is 0 Å². The number of nitrogens with one attached hydrogen (secondary N) is 1. The molecule has 1 aromatic carbocycles. The van der Waals surface area contributed by atoms with E-state index in [-0.39, 0.29) is 0 Å². The Morgan fingerprint density at radius 1 is 1.32 bits per heavy atom. The monoisotopic (exact) mass is 259 g/mol. The van der Waals surface area contributed by atoms with Gasteiger partial charge in [0, 0.05) is 25.1 Å². The van der Waals surface area contributed by atoms with E-state index in [1.807, 2.05) is 18.2 Å². The van der Waals surface area contributed by atoms with Crippen molar-refractivity contribution in [1.29, 1.82) is 0 Å². The van der Waals surface area contributed by atoms with Crippen molar-refractivity contribution in [2.75, 3.05) is 0 Å². The molecule has 0 radical (unpaired) electrons. The molecule has 1 aliphatic rings. The Labute approximate surface area is 112 Å². The summed E-state index contributed by atoms with van der Waals surface area (Å²) in [5.41, 5.74) is 1.16. The van der Waals surface area contributed by atoms with Gasteiger partial charge >= 0.3 is 0 Å². The van der Waals surface area contributed by atoms with Crippen LogP contribution in [0.15, 0.2) is 28.7 Å². The highest BCUT2D eigenvalue weighted by Gasteiger charge is 2.20. The fourth-order valence-corrected chi connectivity index (χ4v) is 1.87. The van der Waals surface area contributed by atoms with Gasteiger partial charge in [-0.15, -0.1) is 10.2 Å². The Morgan fingerprint density at radius 3 is 2.89 bits per heavy atom. The second-order valence-electron chi connectivity index (χ2n) is 4.77. The second kappa shape index (κ2) is 5.40. The largest absolute Gasteiger partial charge is 0.483 e. The minimum atomic E-state index is 0.307. The van der Waals surface area contributed by atoms with E-state index in [0.717, 1.165) is 17.9 Å². The Hall–Kier alpha value is -1.88. The van der Waals surface area contributed by atoms with Crippen LogP contribution in [0.1, 0.15) is 30.2 Å². The summed E-state index contributed by atoms with van der Waals surface area (Å²) in [5, 5.41) is 11.2. The number of ether oxygens (including phenoxy) is 1. The highest BCUT2D eigenvalue weighted by Crippen LogP contribution is 2.23. The Morgan fingerprint density at radius 2 is 2.16 bits per heavy atom. The number of hydrogen-bond acceptors (Lipinski definition) is 5. The van der Waals surface area contributed by atoms with Crippen molar-refractivity contribution in [2.45, 2.75) is 39.0 Å². The minimum absolute atomic E-state index is 0.307. The lowest BCUT2D eigenvalue weighted by Gasteiger charge is -2.10. The standard InChI is InChI=1S/C14H17N3O2/c1-10-16-17-14(19-10)9-18-13-5-3-2-4-11(13)8-15-12-6-7-12/h2-5,12,15H,6-9H2,1H3. The SMILES string of the molecule is Cc1nnc(COc2ccccc2CNC2CC2)o1. The van der Waals surface area contributed by atoms with Gasteiger partial charge in [-0.3, -0.25) is 0 Å². The molecule has 0 bridgehead atoms. The van der Waals surface area contributed by atoms with E-state index in [1.54, 1.807) is 6.92 Å². The second-order valence-corrected chi connectivity index (χ2v) is 4.77. The van der Waals surface area contributed by atoms with E-state index in [4.69, 9.17) is 9.15 Å². The van der Waals surface area contributed by atoms with Crippen molar-refractivity contribution >= 4 is 0 Å². The fraction of sp³-hybridized carbons (Fsp3) is 0.429. The smallest absolute Gasteiger partial charge is 0.253 e. The molecule has 0 amide bonds. The third-order valence-electron chi connectivity index (χ3n) is 3.05. The molecule has 1 saturated carbocycles. The number of benzene rings is 1. The van der Waals surface area contributed by atoms with Gasteiger partial charge in [-0.25, -0.2) is 0 Å². The van der Waals surface area contributed by atoms with Crippen LogP contribution in [0, 0.1) is 6.92 Å². The molecule has 1 heterocycles. The first-order chi connectivity index (χ1) is 9.31. The predicted octanol–water partition coefficient (Wildman–Crippen LogP) is 2.21. The minimum Gasteiger partial charge on any atom is -0.483 e. The van der Waals surface area contributed by atoms with Crippen LogP contribution in [0.25, 0.3) is 0 Å². The number of nitrogens with zero attached hydrogens (tertiary/aromatic N) is 2. The van der Waals surface area contributed by atoms with Crippen LogP contribution in [0.2, 0.25) is 0 Å². The first kappa shape index (κ1) is 12.2. The third-order valence-corrected chi connectivity index (χ3v) is 3.05. The van der Waals surface area contributed by atoms with Gasteiger partial charge in [0.1, 0.15) is 5.75 Å². The van der Waals surface area contributed by atoms with Gasteiger partial charge in [-0.05, 0) is 18.9 Å². The highest BCUT2D eigenvalue weighted by atomic mass is 16.5. The summed E-state index contributed by atoms with van der Waals surface area (Å²) >= 11 is 0. The maximum absolute atomic E-state index is 5.75. The van der Waals surface area contributed by atoms with E-state index >= 15 is 0 Å². The van der Waals surface area contributed by atoms with Gasteiger partial charge in [0.25, 0.3) is 5.89 Å². The fourth-order valence-electron chi connectivity index (χ4n) is 1.87. The normalized spacial score (nSPS) is 14.6. The van der Waals surface area contributed by atoms with Crippen LogP contribution in [0.5, 0.6) is 5.75 Å². The molecule has 0 aliphatic heterocycles. The van der Waals surface area contributed by atoms with Crippen molar-refractivity contribution in [3.8, 4) is 5.75 Å². The Balaban J connectivity index is 1.62. The molecule has 0 saturated heterocycles. The van der Waals surface area contributed by atoms with E-state index in [1.165, 1.54) is 12.8 Å². The van der Waals surface area contributed by atoms with Gasteiger partial charge in [-0.1, -0.05) is 18.2 Å². The molecule has 5 heteroatoms. The average molecular weight is 259 g/mol. The Kier molecular flexibility index (Phi) is 3.46. The first-order valence-corrected chi connectivity index (χ1v) is 6.54. The van der Waals surface area contributed by atoms with Crippen LogP contribution < -0.4 is 10.1 Å². The van der Waals surface area contributed by atoms with Crippen LogP contribution in [-0.2, 0) is 13.2 Å². The lowest BCUT2D eigenvalue weighted by molar-refractivity contribution is 0.257. The van der Waals surface area contributed by atoms with E-state index < -0.39 is 0 Å². The van der Waals surface area contributed by atoms with Crippen molar-refractivity contribution in [2.24, 2.45) is 0 Å². The summed E-state index contributed by atoms with van der Waals surface area (Å²) in [6.45, 7) is 2.91. The molecule has 0 unspecified atom stereocenters. The lowest BCUT2D eigenvalue weighted by atomic mass is 10.2. The summed E-state index contributed by atoms with van der Waals surface area (Å²) in [5.74, 6) is 1.93. The maximum atomic E-state index is 5.75. The zero-order chi connectivity index (χ0) is 13.1. The van der Waals surface area contributed by atoms with Crippen molar-refractivity contribution in [1.82, 2.24) is 15.5 Å². The molecule has 5 nitrogen and oxygen atoms in total. The summed E-state index contributed by atoms with van der Waals surface area (Å²) in [7, 11) is 0. The zero-order valence-corrected chi connectivity index (χ0v) is 10.9. The van der Waals surface area contributed by atoms with E-state index in [2.05, 4.69) is 21.6 Å². The topological polar surface area (TPSA) is 60.2 Å². The molecule has 1 aromatic heterocycles. The highest BCUT2D eigenvalue weighted by molar-refractivity contribution is 5.33. The van der Waals surface area contributed by atoms with Crippen LogP contribution in [0.3, 0.4) is 0 Å². The van der Waals surface area contributed by atoms with Crippen molar-refractivity contribution in [3.05, 3.63) is 41.6 Å². The molecule has 0 atom stereocenters. The molecular weight excluding hydrogens is 242 g/mol. The molecule has 100 valence electrons. The van der Waals surface area contributed by atoms with Gasteiger partial charge in [0.15, 0.2) is 6.61 Å². The lowest BCUT2D eigenvalue weighted by Crippen LogP contribution is -2.16. The number of para-hydroxylation sites is 1. The molecule has 1 N–H and O–H groups in total. The first-order valence-electron chi connectivity index (χ1n) is 6.54. The summed E-state index contributed by atoms with van der Waals surface area (Å²) in [6, 6.07) is 8.71. The van der Waals surface area contributed by atoms with Crippen LogP contribution >= 0.6 is 0 Å². The van der Waals surface area contributed by atoms with Gasteiger partial charge in [0.2, 0.25) is 5.89 Å². The number of rotatable bonds is 6. The van der Waals surface area contributed by atoms with E-state index in [0.29, 0.717) is 24.4 Å². The van der Waals surface area contributed by atoms with Gasteiger partial charge < -0.3 is 14.5 Å². The molecule has 1 aliphatic carbocycles. The van der Waals surface area contributed by atoms with Crippen LogP contribution in [-0.4, -0.2) is 16.2 Å². The van der Waals surface area contributed by atoms with Gasteiger partial charge in [-0.2, -0.15) is 0 Å². The predicted molar refractivity (Wildman–Crippen MR) is 69.7 cm³/mol. The van der Waals surface area contributed by atoms with Gasteiger partial charge in [0.05, 0.1) is 0 Å². The Bertz CT molecular complexity index is 549. The number of aryl methyl sites for hydroxylation is 1. The molecule has 0 spiro atoms.